The number of hydrogen-bond acceptors (Lipinski definition) is 3. The predicted octanol–water partition coefficient (Wildman–Crippen LogP) is 1.86. The number of fused-ring (bicyclic) bond motifs is 1. The monoisotopic (exact) mass is 166 g/mol. The lowest BCUT2D eigenvalue weighted by molar-refractivity contribution is 0.567. The summed E-state index contributed by atoms with van der Waals surface area (Å²) < 4.78 is 17.9. The van der Waals surface area contributed by atoms with Crippen molar-refractivity contribution in [1.29, 1.82) is 0 Å². The van der Waals surface area contributed by atoms with Crippen LogP contribution in [0.1, 0.15) is 5.56 Å². The summed E-state index contributed by atoms with van der Waals surface area (Å²) in [5, 5.41) is 0. The quantitative estimate of drug-likeness (QED) is 0.649. The van der Waals surface area contributed by atoms with Gasteiger partial charge in [-0.1, -0.05) is 6.07 Å². The first kappa shape index (κ1) is 7.09. The molecular weight excluding hydrogens is 159 g/mol. The van der Waals surface area contributed by atoms with Gasteiger partial charge in [0, 0.05) is 0 Å². The number of hydrogen-bond donors (Lipinski definition) is 1. The zero-order chi connectivity index (χ0) is 8.72. The van der Waals surface area contributed by atoms with Crippen LogP contribution in [-0.4, -0.2) is 4.98 Å². The molecule has 0 spiro atoms. The number of aryl methyl sites for hydroxylation is 1. The molecule has 0 aliphatic rings. The Morgan fingerprint density at radius 2 is 2.25 bits per heavy atom. The van der Waals surface area contributed by atoms with Gasteiger partial charge in [0.1, 0.15) is 5.52 Å². The minimum Gasteiger partial charge on any atom is -0.421 e. The summed E-state index contributed by atoms with van der Waals surface area (Å²) in [6.07, 6.45) is 0. The van der Waals surface area contributed by atoms with E-state index in [9.17, 15) is 4.39 Å². The topological polar surface area (TPSA) is 52.0 Å². The van der Waals surface area contributed by atoms with E-state index in [-0.39, 0.29) is 11.6 Å². The first-order valence-electron chi connectivity index (χ1n) is 3.49. The zero-order valence-corrected chi connectivity index (χ0v) is 6.47. The van der Waals surface area contributed by atoms with Gasteiger partial charge in [-0.25, -0.2) is 4.39 Å². The fraction of sp³-hybridized carbons (Fsp3) is 0.125. The van der Waals surface area contributed by atoms with E-state index in [1.54, 1.807) is 6.07 Å². The molecule has 0 bridgehead atoms. The summed E-state index contributed by atoms with van der Waals surface area (Å²) in [7, 11) is 0. The molecule has 0 saturated heterocycles. The van der Waals surface area contributed by atoms with Crippen molar-refractivity contribution in [2.45, 2.75) is 6.92 Å². The summed E-state index contributed by atoms with van der Waals surface area (Å²) in [6.45, 7) is 1.82. The van der Waals surface area contributed by atoms with Gasteiger partial charge in [0.05, 0.1) is 0 Å². The highest BCUT2D eigenvalue weighted by Gasteiger charge is 2.09. The molecule has 0 atom stereocenters. The summed E-state index contributed by atoms with van der Waals surface area (Å²) >= 11 is 0. The van der Waals surface area contributed by atoms with Gasteiger partial charge in [0.15, 0.2) is 11.4 Å². The maximum absolute atomic E-state index is 13.0. The number of nitrogens with two attached hydrogens (primary N) is 1. The van der Waals surface area contributed by atoms with E-state index in [4.69, 9.17) is 10.2 Å². The molecule has 3 nitrogen and oxygen atoms in total. The van der Waals surface area contributed by atoms with Crippen LogP contribution in [0.3, 0.4) is 0 Å². The number of rotatable bonds is 0. The molecule has 4 heteroatoms. The second-order valence-corrected chi connectivity index (χ2v) is 2.59. The van der Waals surface area contributed by atoms with Crippen molar-refractivity contribution in [3.05, 3.63) is 23.5 Å². The Bertz CT molecular complexity index is 397. The first-order valence-corrected chi connectivity index (χ1v) is 3.49. The van der Waals surface area contributed by atoms with Gasteiger partial charge < -0.3 is 10.2 Å². The van der Waals surface area contributed by atoms with Crippen LogP contribution in [0.2, 0.25) is 0 Å². The molecule has 0 aliphatic heterocycles. The van der Waals surface area contributed by atoms with Crippen LogP contribution in [0.25, 0.3) is 11.1 Å². The zero-order valence-electron chi connectivity index (χ0n) is 6.47. The molecule has 1 aromatic heterocycles. The number of aromatic nitrogens is 1. The minimum atomic E-state index is -0.431. The Kier molecular flexibility index (Phi) is 1.30. The molecule has 2 N–H and O–H groups in total. The standard InChI is InChI=1S/C8H7FN2O/c1-4-2-3-5(9)7-6(4)11-8(10)12-7/h2-3H,1H3,(H2,10,11). The maximum Gasteiger partial charge on any atom is 0.293 e. The average Bonchev–Trinajstić information content (AvgIpc) is 2.41. The molecular formula is C8H7FN2O. The second-order valence-electron chi connectivity index (χ2n) is 2.59. The van der Waals surface area contributed by atoms with Crippen molar-refractivity contribution < 1.29 is 8.81 Å². The third-order valence-corrected chi connectivity index (χ3v) is 1.71. The Morgan fingerprint density at radius 1 is 1.50 bits per heavy atom. The van der Waals surface area contributed by atoms with E-state index in [1.165, 1.54) is 6.07 Å². The maximum atomic E-state index is 13.0. The summed E-state index contributed by atoms with van der Waals surface area (Å²) in [6, 6.07) is 2.97. The molecule has 1 heterocycles. The number of anilines is 1. The molecule has 0 saturated carbocycles. The number of benzene rings is 1. The summed E-state index contributed by atoms with van der Waals surface area (Å²) in [5.41, 5.74) is 6.76. The van der Waals surface area contributed by atoms with Crippen molar-refractivity contribution in [3.63, 3.8) is 0 Å². The predicted molar refractivity (Wildman–Crippen MR) is 43.1 cm³/mol. The second kappa shape index (κ2) is 2.20. The lowest BCUT2D eigenvalue weighted by Crippen LogP contribution is -1.82. The van der Waals surface area contributed by atoms with Gasteiger partial charge in [-0.3, -0.25) is 0 Å². The third-order valence-electron chi connectivity index (χ3n) is 1.71. The van der Waals surface area contributed by atoms with E-state index >= 15 is 0 Å². The molecule has 0 aliphatic carbocycles. The van der Waals surface area contributed by atoms with Crippen LogP contribution < -0.4 is 5.73 Å². The molecule has 2 rings (SSSR count). The highest BCUT2D eigenvalue weighted by atomic mass is 19.1. The number of halogens is 1. The lowest BCUT2D eigenvalue weighted by Gasteiger charge is -1.91. The highest BCUT2D eigenvalue weighted by Crippen LogP contribution is 2.22. The SMILES string of the molecule is Cc1ccc(F)c2oc(N)nc12. The van der Waals surface area contributed by atoms with E-state index in [0.717, 1.165) is 5.56 Å². The number of nitrogen functional groups attached to an aromatic ring is 1. The molecule has 0 fully saturated rings. The highest BCUT2D eigenvalue weighted by molar-refractivity contribution is 5.78. The third kappa shape index (κ3) is 0.845. The Balaban J connectivity index is 2.93. The number of oxazole rings is 1. The van der Waals surface area contributed by atoms with Gasteiger partial charge in [-0.2, -0.15) is 4.98 Å². The van der Waals surface area contributed by atoms with Crippen LogP contribution in [0.4, 0.5) is 10.4 Å². The van der Waals surface area contributed by atoms with Crippen LogP contribution in [0.5, 0.6) is 0 Å². The molecule has 62 valence electrons. The van der Waals surface area contributed by atoms with Crippen molar-refractivity contribution in [3.8, 4) is 0 Å². The minimum absolute atomic E-state index is 0.00167. The molecule has 1 aromatic carbocycles. The van der Waals surface area contributed by atoms with Gasteiger partial charge in [0.2, 0.25) is 0 Å². The van der Waals surface area contributed by atoms with Gasteiger partial charge >= 0.3 is 0 Å². The lowest BCUT2D eigenvalue weighted by atomic mass is 10.2. The van der Waals surface area contributed by atoms with Crippen LogP contribution in [0.15, 0.2) is 16.5 Å². The molecule has 2 aromatic rings. The van der Waals surface area contributed by atoms with E-state index in [1.807, 2.05) is 6.92 Å². The normalized spacial score (nSPS) is 10.8. The van der Waals surface area contributed by atoms with Crippen LogP contribution in [-0.2, 0) is 0 Å². The smallest absolute Gasteiger partial charge is 0.293 e. The summed E-state index contributed by atoms with van der Waals surface area (Å²) in [4.78, 5) is 3.84. The van der Waals surface area contributed by atoms with Gasteiger partial charge in [-0.05, 0) is 18.6 Å². The van der Waals surface area contributed by atoms with Crippen molar-refractivity contribution in [1.82, 2.24) is 4.98 Å². The largest absolute Gasteiger partial charge is 0.421 e. The molecule has 0 radical (unpaired) electrons. The Labute approximate surface area is 68.0 Å². The fourth-order valence-corrected chi connectivity index (χ4v) is 1.12. The molecule has 12 heavy (non-hydrogen) atoms. The van der Waals surface area contributed by atoms with Crippen molar-refractivity contribution in [2.75, 3.05) is 5.73 Å². The Morgan fingerprint density at radius 3 is 2.92 bits per heavy atom. The van der Waals surface area contributed by atoms with Crippen molar-refractivity contribution >= 4 is 17.1 Å². The fourth-order valence-electron chi connectivity index (χ4n) is 1.12. The average molecular weight is 166 g/mol. The first-order chi connectivity index (χ1) is 5.68. The Hall–Kier alpha value is -1.58. The van der Waals surface area contributed by atoms with E-state index < -0.39 is 5.82 Å². The van der Waals surface area contributed by atoms with Gasteiger partial charge in [-0.15, -0.1) is 0 Å². The molecule has 0 unspecified atom stereocenters. The van der Waals surface area contributed by atoms with Crippen LogP contribution in [0, 0.1) is 12.7 Å². The van der Waals surface area contributed by atoms with Crippen LogP contribution >= 0.6 is 0 Å². The number of nitrogens with zero attached hydrogens (tertiary/aromatic N) is 1. The molecule has 0 amide bonds. The van der Waals surface area contributed by atoms with Crippen molar-refractivity contribution in [2.24, 2.45) is 0 Å². The summed E-state index contributed by atoms with van der Waals surface area (Å²) in [5.74, 6) is -0.431. The van der Waals surface area contributed by atoms with Gasteiger partial charge in [0.25, 0.3) is 6.01 Å². The van der Waals surface area contributed by atoms with E-state index in [2.05, 4.69) is 4.98 Å². The van der Waals surface area contributed by atoms with E-state index in [0.29, 0.717) is 5.52 Å².